The van der Waals surface area contributed by atoms with Crippen LogP contribution in [0.25, 0.3) is 0 Å². The minimum absolute atomic E-state index is 0.0380. The van der Waals surface area contributed by atoms with Gasteiger partial charge in [-0.15, -0.1) is 0 Å². The summed E-state index contributed by atoms with van der Waals surface area (Å²) in [5.74, 6) is 5.29. The lowest BCUT2D eigenvalue weighted by molar-refractivity contribution is -0.143. The van der Waals surface area contributed by atoms with E-state index in [2.05, 4.69) is 23.8 Å². The van der Waals surface area contributed by atoms with Crippen LogP contribution in [-0.2, 0) is 20.7 Å². The quantitative estimate of drug-likeness (QED) is 0.0472. The lowest BCUT2D eigenvalue weighted by atomic mass is 9.95. The molecule has 5 nitrogen and oxygen atoms in total. The molecule has 0 saturated heterocycles. The van der Waals surface area contributed by atoms with Gasteiger partial charge in [-0.05, 0) is 54.0 Å². The van der Waals surface area contributed by atoms with Crippen molar-refractivity contribution < 1.29 is 19.1 Å². The van der Waals surface area contributed by atoms with Gasteiger partial charge in [0.2, 0.25) is 5.78 Å². The number of allylic oxidation sites excluding steroid dienone is 2. The molecular formula is C34H41NO4. The number of benzene rings is 2. The molecule has 0 amide bonds. The molecule has 0 radical (unpaired) electrons. The van der Waals surface area contributed by atoms with E-state index < -0.39 is 0 Å². The average Bonchev–Trinajstić information content (AvgIpc) is 2.93. The molecule has 0 aliphatic carbocycles. The van der Waals surface area contributed by atoms with E-state index in [-0.39, 0.29) is 23.5 Å². The van der Waals surface area contributed by atoms with Crippen molar-refractivity contribution in [1.29, 1.82) is 0 Å². The first kappa shape index (κ1) is 31.4. The van der Waals surface area contributed by atoms with E-state index in [0.717, 1.165) is 29.5 Å². The minimum atomic E-state index is -0.308. The van der Waals surface area contributed by atoms with E-state index in [4.69, 9.17) is 4.74 Å². The van der Waals surface area contributed by atoms with Gasteiger partial charge in [-0.25, -0.2) is 0 Å². The van der Waals surface area contributed by atoms with Crippen LogP contribution in [0.5, 0.6) is 0 Å². The molecule has 5 heteroatoms. The highest BCUT2D eigenvalue weighted by molar-refractivity contribution is 6.14. The van der Waals surface area contributed by atoms with Crippen LogP contribution in [0.4, 0.5) is 0 Å². The third-order valence-electron chi connectivity index (χ3n) is 6.45. The van der Waals surface area contributed by atoms with Crippen molar-refractivity contribution in [3.63, 3.8) is 0 Å². The molecule has 1 atom stereocenters. The minimum Gasteiger partial charge on any atom is -0.466 e. The lowest BCUT2D eigenvalue weighted by Crippen LogP contribution is -2.08. The van der Waals surface area contributed by atoms with Crippen molar-refractivity contribution >= 4 is 23.2 Å². The van der Waals surface area contributed by atoms with Gasteiger partial charge in [-0.3, -0.25) is 19.4 Å². The fraction of sp³-hybridized carbons (Fsp3) is 0.412. The molecule has 0 aliphatic rings. The van der Waals surface area contributed by atoms with Gasteiger partial charge in [0, 0.05) is 25.5 Å². The van der Waals surface area contributed by atoms with E-state index in [9.17, 15) is 14.4 Å². The summed E-state index contributed by atoms with van der Waals surface area (Å²) in [6, 6.07) is 15.3. The highest BCUT2D eigenvalue weighted by atomic mass is 16.5. The Kier molecular flexibility index (Phi) is 14.2. The number of ketones is 2. The van der Waals surface area contributed by atoms with E-state index in [1.165, 1.54) is 25.3 Å². The summed E-state index contributed by atoms with van der Waals surface area (Å²) < 4.78 is 5.04. The molecule has 0 bridgehead atoms. The Morgan fingerprint density at radius 1 is 0.949 bits per heavy atom. The number of esters is 1. The standard InChI is InChI=1S/C34H41NO4/c1-5-7-8-9-10-17-33(37)29-20-18-28(19-21-29)32(35-4)23-22-31(36)16-12-14-27-13-11-15-30(25-27)26(3)24-34(38)39-6-2/h11,13,15,18-23,25-26H,5-10,14,17,24H2,1-4H3/b23-22-,35-32?. The second-order valence-corrected chi connectivity index (χ2v) is 9.60. The van der Waals surface area contributed by atoms with E-state index in [0.29, 0.717) is 37.1 Å². The highest BCUT2D eigenvalue weighted by Gasteiger charge is 2.12. The monoisotopic (exact) mass is 527 g/mol. The number of ether oxygens (including phenoxy) is 1. The van der Waals surface area contributed by atoms with Crippen molar-refractivity contribution in [1.82, 2.24) is 0 Å². The zero-order valence-corrected chi connectivity index (χ0v) is 23.8. The van der Waals surface area contributed by atoms with Crippen LogP contribution in [0.15, 0.2) is 65.7 Å². The van der Waals surface area contributed by atoms with Crippen molar-refractivity contribution in [2.45, 2.75) is 78.1 Å². The number of aliphatic imine (C=N–C) groups is 1. The summed E-state index contributed by atoms with van der Waals surface area (Å²) >= 11 is 0. The van der Waals surface area contributed by atoms with Crippen molar-refractivity contribution in [3.05, 3.63) is 82.9 Å². The third kappa shape index (κ3) is 11.7. The number of hydrogen-bond donors (Lipinski definition) is 0. The largest absolute Gasteiger partial charge is 0.466 e. The molecule has 0 N–H and O–H groups in total. The number of unbranched alkanes of at least 4 members (excludes halogenated alkanes) is 4. The molecule has 2 aromatic rings. The molecule has 39 heavy (non-hydrogen) atoms. The Morgan fingerprint density at radius 3 is 2.36 bits per heavy atom. The zero-order valence-electron chi connectivity index (χ0n) is 23.8. The van der Waals surface area contributed by atoms with Gasteiger partial charge in [-0.2, -0.15) is 0 Å². The predicted octanol–water partition coefficient (Wildman–Crippen LogP) is 7.08. The summed E-state index contributed by atoms with van der Waals surface area (Å²) in [4.78, 5) is 40.8. The second kappa shape index (κ2) is 17.7. The molecule has 1 unspecified atom stereocenters. The summed E-state index contributed by atoms with van der Waals surface area (Å²) in [5, 5.41) is 0. The normalized spacial score (nSPS) is 12.1. The molecule has 2 aromatic carbocycles. The second-order valence-electron chi connectivity index (χ2n) is 9.60. The molecule has 206 valence electrons. The van der Waals surface area contributed by atoms with E-state index >= 15 is 0 Å². The molecule has 0 fully saturated rings. The number of carbonyl (C=O) groups excluding carboxylic acids is 3. The first-order chi connectivity index (χ1) is 18.9. The maximum absolute atomic E-state index is 12.4. The van der Waals surface area contributed by atoms with Gasteiger partial charge in [-0.1, -0.05) is 94.0 Å². The Morgan fingerprint density at radius 2 is 1.67 bits per heavy atom. The average molecular weight is 528 g/mol. The first-order valence-corrected chi connectivity index (χ1v) is 13.9. The van der Waals surface area contributed by atoms with Gasteiger partial charge in [0.1, 0.15) is 0 Å². The maximum Gasteiger partial charge on any atom is 0.306 e. The molecule has 0 heterocycles. The van der Waals surface area contributed by atoms with Crippen molar-refractivity contribution in [2.24, 2.45) is 4.99 Å². The lowest BCUT2D eigenvalue weighted by Gasteiger charge is -2.12. The van der Waals surface area contributed by atoms with Gasteiger partial charge in [0.25, 0.3) is 0 Å². The van der Waals surface area contributed by atoms with Gasteiger partial charge in [0.15, 0.2) is 5.78 Å². The molecule has 0 spiro atoms. The van der Waals surface area contributed by atoms with Crippen LogP contribution in [0.2, 0.25) is 0 Å². The summed E-state index contributed by atoms with van der Waals surface area (Å²) in [6.45, 7) is 6.34. The Labute approximate surface area is 233 Å². The number of hydrogen-bond acceptors (Lipinski definition) is 5. The predicted molar refractivity (Wildman–Crippen MR) is 158 cm³/mol. The van der Waals surface area contributed by atoms with Crippen LogP contribution < -0.4 is 0 Å². The van der Waals surface area contributed by atoms with Crippen LogP contribution in [0, 0.1) is 11.8 Å². The Balaban J connectivity index is 1.91. The SMILES string of the molecule is CCCCCCCC(=O)c1ccc(C(/C=C\C(=O)C#CCc2cccc(C(C)CC(=O)OCC)c2)=NC)cc1. The highest BCUT2D eigenvalue weighted by Crippen LogP contribution is 2.21. The van der Waals surface area contributed by atoms with Crippen LogP contribution in [0.1, 0.15) is 98.7 Å². The van der Waals surface area contributed by atoms with E-state index in [1.807, 2.05) is 55.5 Å². The molecule has 0 aliphatic heterocycles. The fourth-order valence-corrected chi connectivity index (χ4v) is 4.19. The van der Waals surface area contributed by atoms with Crippen molar-refractivity contribution in [2.75, 3.05) is 13.7 Å². The third-order valence-corrected chi connectivity index (χ3v) is 6.45. The summed E-state index contributed by atoms with van der Waals surface area (Å²) in [5.41, 5.74) is 4.21. The molecule has 0 aromatic heterocycles. The molecular weight excluding hydrogens is 486 g/mol. The van der Waals surface area contributed by atoms with Crippen LogP contribution >= 0.6 is 0 Å². The molecule has 0 saturated carbocycles. The van der Waals surface area contributed by atoms with Crippen LogP contribution in [-0.4, -0.2) is 36.9 Å². The first-order valence-electron chi connectivity index (χ1n) is 13.9. The topological polar surface area (TPSA) is 72.8 Å². The number of carbonyl (C=O) groups is 3. The Bertz CT molecular complexity index is 1210. The zero-order chi connectivity index (χ0) is 28.5. The fourth-order valence-electron chi connectivity index (χ4n) is 4.19. The Hall–Kier alpha value is -3.78. The molecule has 2 rings (SSSR count). The van der Waals surface area contributed by atoms with Gasteiger partial charge < -0.3 is 4.74 Å². The van der Waals surface area contributed by atoms with Crippen molar-refractivity contribution in [3.8, 4) is 11.8 Å². The maximum atomic E-state index is 12.4. The van der Waals surface area contributed by atoms with Gasteiger partial charge in [0.05, 0.1) is 18.7 Å². The summed E-state index contributed by atoms with van der Waals surface area (Å²) in [6.07, 6.45) is 10.0. The van der Waals surface area contributed by atoms with Gasteiger partial charge >= 0.3 is 5.97 Å². The van der Waals surface area contributed by atoms with Crippen LogP contribution in [0.3, 0.4) is 0 Å². The number of rotatable bonds is 15. The number of nitrogens with zero attached hydrogens (tertiary/aromatic N) is 1. The summed E-state index contributed by atoms with van der Waals surface area (Å²) in [7, 11) is 1.67. The number of Topliss-reactive ketones (excluding diaryl/α,β-unsaturated/α-hetero) is 1. The smallest absolute Gasteiger partial charge is 0.306 e. The van der Waals surface area contributed by atoms with E-state index in [1.54, 1.807) is 20.0 Å².